The normalized spacial score (nSPS) is 12.7. The highest BCUT2D eigenvalue weighted by atomic mass is 32.2. The Labute approximate surface area is 214 Å². The molecule has 0 fully saturated rings. The molecule has 37 heavy (non-hydrogen) atoms. The molecule has 0 spiro atoms. The maximum absolute atomic E-state index is 12.4. The number of nitrogens with zero attached hydrogens (tertiary/aromatic N) is 3. The number of oxazole rings is 1. The second kappa shape index (κ2) is 12.0. The van der Waals surface area contributed by atoms with E-state index in [9.17, 15) is 17.7 Å². The lowest BCUT2D eigenvalue weighted by Crippen LogP contribution is -2.16. The Balaban J connectivity index is 1.22. The Morgan fingerprint density at radius 3 is 2.43 bits per heavy atom. The zero-order valence-corrected chi connectivity index (χ0v) is 20.7. The second-order valence-electron chi connectivity index (χ2n) is 8.04. The van der Waals surface area contributed by atoms with Gasteiger partial charge in [0.05, 0.1) is 0 Å². The van der Waals surface area contributed by atoms with Crippen LogP contribution in [-0.4, -0.2) is 31.4 Å². The van der Waals surface area contributed by atoms with Gasteiger partial charge in [-0.25, -0.2) is 4.98 Å². The molecule has 0 N–H and O–H groups in total. The number of hydrogen-bond donors (Lipinski definition) is 0. The first-order valence-electron chi connectivity index (χ1n) is 11.3. The van der Waals surface area contributed by atoms with Crippen LogP contribution in [0.15, 0.2) is 71.5 Å². The molecule has 2 aromatic carbocycles. The lowest BCUT2D eigenvalue weighted by Gasteiger charge is -2.11. The molecule has 0 amide bonds. The molecule has 1 atom stereocenters. The van der Waals surface area contributed by atoms with E-state index in [2.05, 4.69) is 14.8 Å². The van der Waals surface area contributed by atoms with Gasteiger partial charge >= 0.3 is 6.36 Å². The molecule has 7 nitrogen and oxygen atoms in total. The molecule has 0 aliphatic heterocycles. The zero-order valence-electron chi connectivity index (χ0n) is 19.9. The molecule has 11 heteroatoms. The molecule has 0 aliphatic rings. The van der Waals surface area contributed by atoms with Crippen molar-refractivity contribution in [1.29, 1.82) is 0 Å². The van der Waals surface area contributed by atoms with Crippen molar-refractivity contribution in [1.82, 2.24) is 14.8 Å². The number of benzene rings is 2. The van der Waals surface area contributed by atoms with Crippen LogP contribution in [0, 0.1) is 0 Å². The molecule has 1 unspecified atom stereocenters. The molecule has 2 aromatic heterocycles. The van der Waals surface area contributed by atoms with Gasteiger partial charge in [0.25, 0.3) is 0 Å². The van der Waals surface area contributed by atoms with Gasteiger partial charge < -0.3 is 18.4 Å². The number of alkyl halides is 3. The number of aromatic nitrogens is 3. The lowest BCUT2D eigenvalue weighted by molar-refractivity contribution is -0.274. The Morgan fingerprint density at radius 2 is 1.76 bits per heavy atom. The summed E-state index contributed by atoms with van der Waals surface area (Å²) >= 11 is -0.985. The largest absolute Gasteiger partial charge is 0.616 e. The fourth-order valence-corrected chi connectivity index (χ4v) is 4.52. The van der Waals surface area contributed by atoms with Gasteiger partial charge in [0, 0.05) is 37.0 Å². The van der Waals surface area contributed by atoms with E-state index in [4.69, 9.17) is 9.15 Å². The van der Waals surface area contributed by atoms with Crippen LogP contribution in [0.25, 0.3) is 12.2 Å². The predicted molar refractivity (Wildman–Crippen MR) is 133 cm³/mol. The van der Waals surface area contributed by atoms with Gasteiger partial charge in [-0.15, -0.1) is 13.2 Å². The summed E-state index contributed by atoms with van der Waals surface area (Å²) in [6.45, 7) is 0.191. The average Bonchev–Trinajstić information content (AvgIpc) is 3.49. The minimum Gasteiger partial charge on any atom is -0.616 e. The van der Waals surface area contributed by atoms with Crippen molar-refractivity contribution in [3.63, 3.8) is 0 Å². The van der Waals surface area contributed by atoms with Crippen molar-refractivity contribution in [2.45, 2.75) is 25.1 Å². The highest BCUT2D eigenvalue weighted by Crippen LogP contribution is 2.23. The van der Waals surface area contributed by atoms with Crippen LogP contribution in [-0.2, 0) is 37.0 Å². The first-order chi connectivity index (χ1) is 17.7. The summed E-state index contributed by atoms with van der Waals surface area (Å²) in [6.07, 6.45) is 2.45. The molecule has 194 valence electrons. The van der Waals surface area contributed by atoms with E-state index in [1.165, 1.54) is 30.5 Å². The summed E-state index contributed by atoms with van der Waals surface area (Å²) in [5.74, 6) is 1.72. The molecule has 4 rings (SSSR count). The molecule has 0 radical (unpaired) electrons. The molecule has 2 heterocycles. The molecule has 0 aliphatic carbocycles. The van der Waals surface area contributed by atoms with Crippen molar-refractivity contribution < 1.29 is 31.6 Å². The average molecular weight is 532 g/mol. The summed E-state index contributed by atoms with van der Waals surface area (Å²) in [5, 5.41) is 4.12. The van der Waals surface area contributed by atoms with E-state index >= 15 is 0 Å². The monoisotopic (exact) mass is 531 g/mol. The highest BCUT2D eigenvalue weighted by molar-refractivity contribution is 7.90. The van der Waals surface area contributed by atoms with Gasteiger partial charge in [-0.1, -0.05) is 24.3 Å². The molecule has 4 aromatic rings. The van der Waals surface area contributed by atoms with Gasteiger partial charge in [-0.2, -0.15) is 5.10 Å². The summed E-state index contributed by atoms with van der Waals surface area (Å²) in [5.41, 5.74) is 3.25. The van der Waals surface area contributed by atoms with Crippen LogP contribution in [0.4, 0.5) is 13.2 Å². The Morgan fingerprint density at radius 1 is 1.03 bits per heavy atom. The van der Waals surface area contributed by atoms with E-state index in [1.54, 1.807) is 23.0 Å². The number of aryl methyl sites for hydroxylation is 2. The number of halogens is 3. The highest BCUT2D eigenvalue weighted by Gasteiger charge is 2.30. The summed E-state index contributed by atoms with van der Waals surface area (Å²) in [4.78, 5) is 4.31. The second-order valence-corrected chi connectivity index (χ2v) is 9.62. The van der Waals surface area contributed by atoms with Crippen molar-refractivity contribution in [3.8, 4) is 11.5 Å². The number of hydrogen-bond acceptors (Lipinski definition) is 6. The van der Waals surface area contributed by atoms with Crippen LogP contribution in [0.3, 0.4) is 0 Å². The van der Waals surface area contributed by atoms with E-state index in [0.717, 1.165) is 11.3 Å². The molecule has 0 saturated heterocycles. The SMILES string of the molecule is Cn1nccc1CC[S+]([O-])Cc1ccc(OCc2coc(/C=C/c3ccc(OC(F)(F)F)cc3)n2)cc1. The molecule has 0 bridgehead atoms. The summed E-state index contributed by atoms with van der Waals surface area (Å²) in [7, 11) is 1.87. The lowest BCUT2D eigenvalue weighted by atomic mass is 10.2. The smallest absolute Gasteiger partial charge is 0.573 e. The first-order valence-corrected chi connectivity index (χ1v) is 12.7. The Hall–Kier alpha value is -3.70. The Bertz CT molecular complexity index is 1300. The zero-order chi connectivity index (χ0) is 26.3. The van der Waals surface area contributed by atoms with Gasteiger partial charge in [0.15, 0.2) is 0 Å². The van der Waals surface area contributed by atoms with Gasteiger partial charge in [-0.3, -0.25) is 4.68 Å². The number of rotatable bonds is 11. The maximum atomic E-state index is 12.4. The minimum atomic E-state index is -4.73. The standard InChI is InChI=1S/C26H24F3N3O4S/c1-32-22(12-14-30-32)13-15-37(33)18-20-4-7-23(8-5-20)34-16-21-17-35-25(31-21)11-6-19-2-9-24(10-3-19)36-26(27,28)29/h2-12,14,17H,13,15-16,18H2,1H3/b11-6+. The summed E-state index contributed by atoms with van der Waals surface area (Å²) in [6, 6.07) is 14.8. The third-order valence-corrected chi connectivity index (χ3v) is 6.56. The van der Waals surface area contributed by atoms with E-state index in [-0.39, 0.29) is 12.4 Å². The van der Waals surface area contributed by atoms with Crippen LogP contribution < -0.4 is 9.47 Å². The van der Waals surface area contributed by atoms with Gasteiger partial charge in [0.1, 0.15) is 41.6 Å². The van der Waals surface area contributed by atoms with E-state index in [0.29, 0.717) is 40.8 Å². The summed E-state index contributed by atoms with van der Waals surface area (Å²) < 4.78 is 65.9. The quantitative estimate of drug-likeness (QED) is 0.236. The predicted octanol–water partition coefficient (Wildman–Crippen LogP) is 5.55. The van der Waals surface area contributed by atoms with Crippen LogP contribution >= 0.6 is 0 Å². The number of ether oxygens (including phenoxy) is 2. The van der Waals surface area contributed by atoms with Gasteiger partial charge in [0.2, 0.25) is 5.89 Å². The van der Waals surface area contributed by atoms with Crippen LogP contribution in [0.2, 0.25) is 0 Å². The third kappa shape index (κ3) is 8.43. The van der Waals surface area contributed by atoms with Crippen molar-refractivity contribution in [2.24, 2.45) is 7.05 Å². The van der Waals surface area contributed by atoms with Crippen molar-refractivity contribution >= 4 is 23.3 Å². The topological polar surface area (TPSA) is 85.4 Å². The fourth-order valence-electron chi connectivity index (χ4n) is 3.38. The molecule has 0 saturated carbocycles. The van der Waals surface area contributed by atoms with Crippen molar-refractivity contribution in [3.05, 3.63) is 95.5 Å². The maximum Gasteiger partial charge on any atom is 0.573 e. The van der Waals surface area contributed by atoms with Crippen molar-refractivity contribution in [2.75, 3.05) is 5.75 Å². The first kappa shape index (κ1) is 26.4. The molecular formula is C26H24F3N3O4S. The van der Waals surface area contributed by atoms with E-state index in [1.807, 2.05) is 37.4 Å². The van der Waals surface area contributed by atoms with Crippen LogP contribution in [0.1, 0.15) is 28.4 Å². The third-order valence-electron chi connectivity index (χ3n) is 5.25. The Kier molecular flexibility index (Phi) is 8.57. The van der Waals surface area contributed by atoms with Crippen LogP contribution in [0.5, 0.6) is 11.5 Å². The molecular weight excluding hydrogens is 507 g/mol. The fraction of sp³-hybridized carbons (Fsp3) is 0.231. The minimum absolute atomic E-state index is 0.191. The van der Waals surface area contributed by atoms with Gasteiger partial charge in [-0.05, 0) is 53.1 Å². The van der Waals surface area contributed by atoms with E-state index < -0.39 is 17.5 Å².